The number of nitrogens with two attached hydrogens (primary N) is 1. The number of oxime groups is 1. The molecule has 2 rings (SSSR count). The van der Waals surface area contributed by atoms with Gasteiger partial charge in [0.05, 0.1) is 4.47 Å². The normalized spacial score (nSPS) is 11.1. The van der Waals surface area contributed by atoms with Crippen LogP contribution in [0.2, 0.25) is 5.02 Å². The number of nitrogens with zero attached hydrogens (tertiary/aromatic N) is 2. The minimum Gasteiger partial charge on any atom is -0.481 e. The van der Waals surface area contributed by atoms with Crippen molar-refractivity contribution in [2.45, 2.75) is 0 Å². The topological polar surface area (TPSA) is 86.8 Å². The second kappa shape index (κ2) is 7.77. The van der Waals surface area contributed by atoms with E-state index < -0.39 is 5.97 Å². The molecular formula is C14H11BrClN3O3. The predicted octanol–water partition coefficient (Wildman–Crippen LogP) is 2.74. The Morgan fingerprint density at radius 3 is 2.86 bits per heavy atom. The van der Waals surface area contributed by atoms with Gasteiger partial charge in [-0.05, 0) is 46.3 Å². The van der Waals surface area contributed by atoms with Gasteiger partial charge in [0.1, 0.15) is 11.4 Å². The van der Waals surface area contributed by atoms with Gasteiger partial charge in [-0.2, -0.15) is 0 Å². The molecule has 0 amide bonds. The minimum atomic E-state index is -0.694. The number of amidine groups is 1. The molecule has 0 fully saturated rings. The molecule has 114 valence electrons. The van der Waals surface area contributed by atoms with Crippen LogP contribution in [-0.4, -0.2) is 23.4 Å². The molecule has 0 bridgehead atoms. The Hall–Kier alpha value is -2.12. The number of ether oxygens (including phenoxy) is 1. The Morgan fingerprint density at radius 1 is 1.36 bits per heavy atom. The fraction of sp³-hybridized carbons (Fsp3) is 0.0714. The fourth-order valence-electron chi connectivity index (χ4n) is 1.42. The van der Waals surface area contributed by atoms with Crippen LogP contribution in [0.1, 0.15) is 5.69 Å². The van der Waals surface area contributed by atoms with E-state index in [1.54, 1.807) is 42.6 Å². The van der Waals surface area contributed by atoms with Crippen LogP contribution in [0.5, 0.6) is 5.75 Å². The molecule has 0 aliphatic carbocycles. The summed E-state index contributed by atoms with van der Waals surface area (Å²) in [5.41, 5.74) is 6.05. The average molecular weight is 385 g/mol. The van der Waals surface area contributed by atoms with Crippen molar-refractivity contribution in [1.29, 1.82) is 0 Å². The summed E-state index contributed by atoms with van der Waals surface area (Å²) in [5, 5.41) is 4.06. The fourth-order valence-corrected chi connectivity index (χ4v) is 2.21. The molecule has 1 aromatic heterocycles. The molecule has 2 N–H and O–H groups in total. The van der Waals surface area contributed by atoms with Crippen molar-refractivity contribution in [1.82, 2.24) is 4.98 Å². The summed E-state index contributed by atoms with van der Waals surface area (Å²) in [4.78, 5) is 20.2. The highest BCUT2D eigenvalue weighted by molar-refractivity contribution is 9.10. The van der Waals surface area contributed by atoms with Gasteiger partial charge < -0.3 is 15.3 Å². The van der Waals surface area contributed by atoms with Gasteiger partial charge in [-0.25, -0.2) is 4.79 Å². The van der Waals surface area contributed by atoms with Crippen LogP contribution in [0.3, 0.4) is 0 Å². The minimum absolute atomic E-state index is 0.00150. The number of carbonyl (C=O) groups is 1. The van der Waals surface area contributed by atoms with Crippen molar-refractivity contribution in [2.24, 2.45) is 10.9 Å². The van der Waals surface area contributed by atoms with Gasteiger partial charge in [0.15, 0.2) is 12.4 Å². The van der Waals surface area contributed by atoms with Gasteiger partial charge >= 0.3 is 5.97 Å². The van der Waals surface area contributed by atoms with Gasteiger partial charge in [0, 0.05) is 11.2 Å². The zero-order valence-corrected chi connectivity index (χ0v) is 13.5. The Kier molecular flexibility index (Phi) is 5.74. The number of halogens is 2. The molecule has 0 aliphatic rings. The van der Waals surface area contributed by atoms with E-state index in [2.05, 4.69) is 30.9 Å². The molecule has 2 aromatic rings. The first-order chi connectivity index (χ1) is 10.6. The zero-order chi connectivity index (χ0) is 15.9. The van der Waals surface area contributed by atoms with E-state index in [1.807, 2.05) is 0 Å². The standard InChI is InChI=1S/C14H11BrClN3O3/c15-10-7-9(16)4-5-12(10)21-8-13(20)22-19-14(17)11-3-1-2-6-18-11/h1-7H,8H2,(H2,17,19). The van der Waals surface area contributed by atoms with Crippen LogP contribution in [0.4, 0.5) is 0 Å². The van der Waals surface area contributed by atoms with E-state index in [0.29, 0.717) is 20.9 Å². The molecule has 0 saturated heterocycles. The van der Waals surface area contributed by atoms with Gasteiger partial charge in [-0.3, -0.25) is 4.98 Å². The molecule has 0 saturated carbocycles. The van der Waals surface area contributed by atoms with Crippen LogP contribution < -0.4 is 10.5 Å². The number of aromatic nitrogens is 1. The largest absolute Gasteiger partial charge is 0.481 e. The summed E-state index contributed by atoms with van der Waals surface area (Å²) in [5.74, 6) is -0.231. The molecule has 0 atom stereocenters. The first-order valence-corrected chi connectivity index (χ1v) is 7.26. The smallest absolute Gasteiger partial charge is 0.372 e. The summed E-state index contributed by atoms with van der Waals surface area (Å²) in [7, 11) is 0. The molecule has 0 radical (unpaired) electrons. The van der Waals surface area contributed by atoms with Crippen molar-refractivity contribution < 1.29 is 14.4 Å². The molecule has 8 heteroatoms. The molecule has 1 heterocycles. The maximum atomic E-state index is 11.6. The second-order valence-corrected chi connectivity index (χ2v) is 5.31. The first-order valence-electron chi connectivity index (χ1n) is 6.09. The number of hydrogen-bond acceptors (Lipinski definition) is 5. The van der Waals surface area contributed by atoms with Crippen LogP contribution >= 0.6 is 27.5 Å². The highest BCUT2D eigenvalue weighted by Gasteiger charge is 2.08. The summed E-state index contributed by atoms with van der Waals surface area (Å²) < 4.78 is 5.91. The van der Waals surface area contributed by atoms with Gasteiger partial charge in [0.25, 0.3) is 0 Å². The van der Waals surface area contributed by atoms with Crippen LogP contribution in [0, 0.1) is 0 Å². The lowest BCUT2D eigenvalue weighted by Crippen LogP contribution is -2.18. The predicted molar refractivity (Wildman–Crippen MR) is 85.7 cm³/mol. The van der Waals surface area contributed by atoms with Gasteiger partial charge in [-0.1, -0.05) is 22.8 Å². The van der Waals surface area contributed by atoms with E-state index in [1.165, 1.54) is 0 Å². The van der Waals surface area contributed by atoms with Crippen molar-refractivity contribution in [3.05, 3.63) is 57.8 Å². The average Bonchev–Trinajstić information content (AvgIpc) is 2.52. The van der Waals surface area contributed by atoms with Crippen molar-refractivity contribution in [3.8, 4) is 5.75 Å². The Bertz CT molecular complexity index is 695. The Balaban J connectivity index is 1.88. The molecular weight excluding hydrogens is 374 g/mol. The van der Waals surface area contributed by atoms with E-state index in [9.17, 15) is 4.79 Å². The number of carbonyl (C=O) groups excluding carboxylic acids is 1. The molecule has 0 unspecified atom stereocenters. The summed E-state index contributed by atoms with van der Waals surface area (Å²) in [6, 6.07) is 10.1. The first kappa shape index (κ1) is 16.3. The third-order valence-electron chi connectivity index (χ3n) is 2.41. The highest BCUT2D eigenvalue weighted by Crippen LogP contribution is 2.27. The molecule has 0 spiro atoms. The summed E-state index contributed by atoms with van der Waals surface area (Å²) in [6.45, 7) is -0.320. The lowest BCUT2D eigenvalue weighted by Gasteiger charge is -2.06. The van der Waals surface area contributed by atoms with Crippen molar-refractivity contribution in [2.75, 3.05) is 6.61 Å². The van der Waals surface area contributed by atoms with Crippen molar-refractivity contribution >= 4 is 39.3 Å². The zero-order valence-electron chi connectivity index (χ0n) is 11.2. The van der Waals surface area contributed by atoms with Crippen molar-refractivity contribution in [3.63, 3.8) is 0 Å². The highest BCUT2D eigenvalue weighted by atomic mass is 79.9. The molecule has 1 aromatic carbocycles. The molecule has 6 nitrogen and oxygen atoms in total. The number of benzene rings is 1. The quantitative estimate of drug-likeness (QED) is 0.371. The lowest BCUT2D eigenvalue weighted by atomic mass is 10.3. The van der Waals surface area contributed by atoms with Gasteiger partial charge in [0.2, 0.25) is 0 Å². The third-order valence-corrected chi connectivity index (χ3v) is 3.27. The number of pyridine rings is 1. The lowest BCUT2D eigenvalue weighted by molar-refractivity contribution is -0.146. The third kappa shape index (κ3) is 4.71. The van der Waals surface area contributed by atoms with E-state index >= 15 is 0 Å². The monoisotopic (exact) mass is 383 g/mol. The summed E-state index contributed by atoms with van der Waals surface area (Å²) >= 11 is 9.08. The number of hydrogen-bond donors (Lipinski definition) is 1. The Morgan fingerprint density at radius 2 is 2.18 bits per heavy atom. The van der Waals surface area contributed by atoms with Crippen LogP contribution in [-0.2, 0) is 9.63 Å². The second-order valence-electron chi connectivity index (χ2n) is 4.02. The molecule has 0 aliphatic heterocycles. The number of rotatable bonds is 5. The summed E-state index contributed by atoms with van der Waals surface area (Å²) in [6.07, 6.45) is 1.56. The van der Waals surface area contributed by atoms with Crippen LogP contribution in [0.15, 0.2) is 52.2 Å². The van der Waals surface area contributed by atoms with E-state index in [-0.39, 0.29) is 12.4 Å². The van der Waals surface area contributed by atoms with Gasteiger partial charge in [-0.15, -0.1) is 0 Å². The van der Waals surface area contributed by atoms with E-state index in [0.717, 1.165) is 0 Å². The maximum absolute atomic E-state index is 11.6. The Labute approximate surface area is 140 Å². The molecule has 22 heavy (non-hydrogen) atoms. The maximum Gasteiger partial charge on any atom is 0.372 e. The van der Waals surface area contributed by atoms with Crippen LogP contribution in [0.25, 0.3) is 0 Å². The SMILES string of the molecule is NC(=NOC(=O)COc1ccc(Cl)cc1Br)c1ccccn1. The van der Waals surface area contributed by atoms with E-state index in [4.69, 9.17) is 22.1 Å².